The summed E-state index contributed by atoms with van der Waals surface area (Å²) >= 11 is 9.22. The van der Waals surface area contributed by atoms with E-state index < -0.39 is 12.1 Å². The molecule has 20 heavy (non-hydrogen) atoms. The van der Waals surface area contributed by atoms with Gasteiger partial charge in [0.15, 0.2) is 0 Å². The molecule has 1 aromatic rings. The van der Waals surface area contributed by atoms with Crippen molar-refractivity contribution in [3.05, 3.63) is 27.7 Å². The lowest BCUT2D eigenvalue weighted by Gasteiger charge is -2.36. The lowest BCUT2D eigenvalue weighted by Crippen LogP contribution is -2.52. The number of benzene rings is 1. The monoisotopic (exact) mass is 370 g/mol. The Kier molecular flexibility index (Phi) is 4.49. The zero-order valence-corrected chi connectivity index (χ0v) is 12.6. The molecule has 2 rings (SSSR count). The topological polar surface area (TPSA) is 23.6 Å². The number of anilines is 1. The standard InChI is InChI=1S/C12H11BrClF3N2O/c13-9-7-8(14)1-2-10(9)18-3-5-19(6-4-18)11(20)12(15,16)17/h1-2,7H,3-6H2. The molecule has 0 aliphatic carbocycles. The Hall–Kier alpha value is -0.950. The number of nitrogens with zero attached hydrogens (tertiary/aromatic N) is 2. The predicted molar refractivity (Wildman–Crippen MR) is 74.0 cm³/mol. The molecule has 0 bridgehead atoms. The smallest absolute Gasteiger partial charge is 0.367 e. The SMILES string of the molecule is O=C(N1CCN(c2ccc(Cl)cc2Br)CC1)C(F)(F)F. The van der Waals surface area contributed by atoms with Crippen molar-refractivity contribution in [2.24, 2.45) is 0 Å². The third-order valence-corrected chi connectivity index (χ3v) is 3.93. The highest BCUT2D eigenvalue weighted by Gasteiger charge is 2.43. The first-order valence-corrected chi connectivity index (χ1v) is 7.02. The Morgan fingerprint density at radius 2 is 1.80 bits per heavy atom. The van der Waals surface area contributed by atoms with E-state index in [4.69, 9.17) is 11.6 Å². The van der Waals surface area contributed by atoms with E-state index in [9.17, 15) is 18.0 Å². The summed E-state index contributed by atoms with van der Waals surface area (Å²) in [6.45, 7) is 0.797. The van der Waals surface area contributed by atoms with Crippen LogP contribution in [0.15, 0.2) is 22.7 Å². The van der Waals surface area contributed by atoms with Gasteiger partial charge in [0.25, 0.3) is 0 Å². The number of halogens is 5. The second kappa shape index (κ2) is 5.81. The molecule has 8 heteroatoms. The first-order chi connectivity index (χ1) is 9.29. The molecule has 0 radical (unpaired) electrons. The number of amides is 1. The molecule has 0 N–H and O–H groups in total. The maximum absolute atomic E-state index is 12.3. The van der Waals surface area contributed by atoms with Crippen LogP contribution in [0.3, 0.4) is 0 Å². The van der Waals surface area contributed by atoms with Gasteiger partial charge < -0.3 is 9.80 Å². The van der Waals surface area contributed by atoms with Gasteiger partial charge in [-0.25, -0.2) is 0 Å². The summed E-state index contributed by atoms with van der Waals surface area (Å²) in [5.74, 6) is -1.77. The molecule has 3 nitrogen and oxygen atoms in total. The summed E-state index contributed by atoms with van der Waals surface area (Å²) in [5, 5.41) is 0.575. The Balaban J connectivity index is 2.03. The number of hydrogen-bond donors (Lipinski definition) is 0. The quantitative estimate of drug-likeness (QED) is 0.756. The van der Waals surface area contributed by atoms with Gasteiger partial charge in [-0.15, -0.1) is 0 Å². The van der Waals surface area contributed by atoms with Gasteiger partial charge in [-0.2, -0.15) is 13.2 Å². The Labute approximate surface area is 127 Å². The van der Waals surface area contributed by atoms with Gasteiger partial charge in [-0.05, 0) is 34.1 Å². The molecule has 1 fully saturated rings. The van der Waals surface area contributed by atoms with Crippen molar-refractivity contribution in [3.63, 3.8) is 0 Å². The average molecular weight is 372 g/mol. The van der Waals surface area contributed by atoms with E-state index in [1.807, 2.05) is 4.90 Å². The second-order valence-corrected chi connectivity index (χ2v) is 5.66. The first-order valence-electron chi connectivity index (χ1n) is 5.85. The van der Waals surface area contributed by atoms with E-state index in [0.29, 0.717) is 18.1 Å². The van der Waals surface area contributed by atoms with Crippen LogP contribution in [0.4, 0.5) is 18.9 Å². The van der Waals surface area contributed by atoms with Crippen molar-refractivity contribution < 1.29 is 18.0 Å². The van der Waals surface area contributed by atoms with Crippen LogP contribution in [0.1, 0.15) is 0 Å². The van der Waals surface area contributed by atoms with Crippen LogP contribution < -0.4 is 4.90 Å². The van der Waals surface area contributed by atoms with Gasteiger partial charge >= 0.3 is 12.1 Å². The van der Waals surface area contributed by atoms with Crippen molar-refractivity contribution in [2.75, 3.05) is 31.1 Å². The van der Waals surface area contributed by atoms with Gasteiger partial charge in [-0.1, -0.05) is 11.6 Å². The first kappa shape index (κ1) is 15.4. The van der Waals surface area contributed by atoms with E-state index in [1.54, 1.807) is 18.2 Å². The number of piperazine rings is 1. The predicted octanol–water partition coefficient (Wildman–Crippen LogP) is 3.31. The maximum atomic E-state index is 12.3. The number of hydrogen-bond acceptors (Lipinski definition) is 2. The number of rotatable bonds is 1. The summed E-state index contributed by atoms with van der Waals surface area (Å²) < 4.78 is 37.8. The van der Waals surface area contributed by atoms with E-state index >= 15 is 0 Å². The van der Waals surface area contributed by atoms with Crippen molar-refractivity contribution in [3.8, 4) is 0 Å². The highest BCUT2D eigenvalue weighted by atomic mass is 79.9. The minimum Gasteiger partial charge on any atom is -0.367 e. The van der Waals surface area contributed by atoms with Crippen molar-refractivity contribution in [2.45, 2.75) is 6.18 Å². The van der Waals surface area contributed by atoms with Crippen LogP contribution in [0.5, 0.6) is 0 Å². The Morgan fingerprint density at radius 3 is 2.30 bits per heavy atom. The van der Waals surface area contributed by atoms with Crippen LogP contribution in [0.25, 0.3) is 0 Å². The molecule has 1 aliphatic heterocycles. The molecule has 0 atom stereocenters. The van der Waals surface area contributed by atoms with Crippen LogP contribution in [0.2, 0.25) is 5.02 Å². The zero-order valence-electron chi connectivity index (χ0n) is 10.3. The molecule has 1 amide bonds. The van der Waals surface area contributed by atoms with Gasteiger partial charge in [0.1, 0.15) is 0 Å². The van der Waals surface area contributed by atoms with Gasteiger partial charge in [0, 0.05) is 35.7 Å². The highest BCUT2D eigenvalue weighted by molar-refractivity contribution is 9.10. The van der Waals surface area contributed by atoms with E-state index in [2.05, 4.69) is 15.9 Å². The van der Waals surface area contributed by atoms with Crippen LogP contribution in [0, 0.1) is 0 Å². The molecule has 1 aromatic carbocycles. The molecule has 0 saturated carbocycles. The molecular formula is C12H11BrClF3N2O. The third-order valence-electron chi connectivity index (χ3n) is 3.06. The van der Waals surface area contributed by atoms with E-state index in [1.165, 1.54) is 0 Å². The molecular weight excluding hydrogens is 360 g/mol. The molecule has 0 spiro atoms. The van der Waals surface area contributed by atoms with Gasteiger partial charge in [0.05, 0.1) is 5.69 Å². The fraction of sp³-hybridized carbons (Fsp3) is 0.417. The molecule has 110 valence electrons. The Morgan fingerprint density at radius 1 is 1.20 bits per heavy atom. The molecule has 0 unspecified atom stereocenters. The number of carbonyl (C=O) groups is 1. The minimum atomic E-state index is -4.80. The van der Waals surface area contributed by atoms with Crippen LogP contribution in [-0.4, -0.2) is 43.2 Å². The zero-order chi connectivity index (χ0) is 14.9. The fourth-order valence-corrected chi connectivity index (χ4v) is 3.00. The van der Waals surface area contributed by atoms with Crippen molar-refractivity contribution >= 4 is 39.1 Å². The fourth-order valence-electron chi connectivity index (χ4n) is 2.07. The lowest BCUT2D eigenvalue weighted by molar-refractivity contribution is -0.185. The summed E-state index contributed by atoms with van der Waals surface area (Å²) in [6, 6.07) is 5.24. The van der Waals surface area contributed by atoms with Gasteiger partial charge in [0.2, 0.25) is 0 Å². The lowest BCUT2D eigenvalue weighted by atomic mass is 10.2. The van der Waals surface area contributed by atoms with E-state index in [-0.39, 0.29) is 13.1 Å². The Bertz CT molecular complexity index is 516. The average Bonchev–Trinajstić information content (AvgIpc) is 2.37. The minimum absolute atomic E-state index is 0.0490. The number of alkyl halides is 3. The molecule has 0 aromatic heterocycles. The molecule has 1 aliphatic rings. The highest BCUT2D eigenvalue weighted by Crippen LogP contribution is 2.30. The maximum Gasteiger partial charge on any atom is 0.471 e. The summed E-state index contributed by atoms with van der Waals surface area (Å²) in [7, 11) is 0. The summed E-state index contributed by atoms with van der Waals surface area (Å²) in [4.78, 5) is 13.9. The van der Waals surface area contributed by atoms with Gasteiger partial charge in [-0.3, -0.25) is 4.79 Å². The van der Waals surface area contributed by atoms with Crippen LogP contribution in [-0.2, 0) is 4.79 Å². The van der Waals surface area contributed by atoms with Crippen molar-refractivity contribution in [1.29, 1.82) is 0 Å². The van der Waals surface area contributed by atoms with Crippen molar-refractivity contribution in [1.82, 2.24) is 4.90 Å². The third kappa shape index (κ3) is 3.38. The second-order valence-electron chi connectivity index (χ2n) is 4.37. The molecule has 1 heterocycles. The number of carbonyl (C=O) groups excluding carboxylic acids is 1. The van der Waals surface area contributed by atoms with Crippen LogP contribution >= 0.6 is 27.5 Å². The summed E-state index contributed by atoms with van der Waals surface area (Å²) in [5.41, 5.74) is 0.855. The normalized spacial score (nSPS) is 16.4. The summed E-state index contributed by atoms with van der Waals surface area (Å²) in [6.07, 6.45) is -4.80. The van der Waals surface area contributed by atoms with E-state index in [0.717, 1.165) is 15.1 Å². The largest absolute Gasteiger partial charge is 0.471 e. The molecule has 1 saturated heterocycles.